The molecule has 0 amide bonds. The third-order valence-corrected chi connectivity index (χ3v) is 13.2. The number of hydrogen-bond donors (Lipinski definition) is 0. The van der Waals surface area contributed by atoms with Gasteiger partial charge in [0.25, 0.3) is 0 Å². The van der Waals surface area contributed by atoms with Crippen LogP contribution in [0.5, 0.6) is 0 Å². The zero-order valence-corrected chi connectivity index (χ0v) is 33.4. The minimum absolute atomic E-state index is 0.705. The second-order valence-electron chi connectivity index (χ2n) is 16.4. The van der Waals surface area contributed by atoms with Gasteiger partial charge in [-0.05, 0) is 86.9 Å². The van der Waals surface area contributed by atoms with E-state index in [4.69, 9.17) is 9.97 Å². The molecule has 0 N–H and O–H groups in total. The molecule has 0 atom stereocenters. The van der Waals surface area contributed by atoms with Crippen molar-refractivity contribution in [3.8, 4) is 34.0 Å². The second-order valence-corrected chi connectivity index (χ2v) is 16.4. The van der Waals surface area contributed by atoms with Gasteiger partial charge in [0, 0.05) is 54.5 Å². The summed E-state index contributed by atoms with van der Waals surface area (Å²) < 4.78 is 4.87. The fourth-order valence-corrected chi connectivity index (χ4v) is 10.7. The lowest BCUT2D eigenvalue weighted by Gasteiger charge is -2.16. The first-order chi connectivity index (χ1) is 30.8. The average Bonchev–Trinajstić information content (AvgIpc) is 3.86. The average molecular weight is 787 g/mol. The van der Waals surface area contributed by atoms with Crippen molar-refractivity contribution in [1.82, 2.24) is 19.1 Å². The van der Waals surface area contributed by atoms with E-state index < -0.39 is 0 Å². The maximum Gasteiger partial charge on any atom is 0.161 e. The third kappa shape index (κ3) is 4.50. The van der Waals surface area contributed by atoms with Crippen molar-refractivity contribution < 1.29 is 0 Å². The zero-order valence-electron chi connectivity index (χ0n) is 33.4. The van der Waals surface area contributed by atoms with Crippen LogP contribution in [0.3, 0.4) is 0 Å². The number of benzene rings is 11. The molecule has 0 unspecified atom stereocenters. The highest BCUT2D eigenvalue weighted by Gasteiger charge is 2.24. The van der Waals surface area contributed by atoms with Gasteiger partial charge in [0.2, 0.25) is 0 Å². The molecule has 62 heavy (non-hydrogen) atoms. The first-order valence-electron chi connectivity index (χ1n) is 21.3. The number of para-hydroxylation sites is 3. The van der Waals surface area contributed by atoms with E-state index in [1.54, 1.807) is 0 Å². The van der Waals surface area contributed by atoms with Crippen molar-refractivity contribution >= 4 is 97.6 Å². The summed E-state index contributed by atoms with van der Waals surface area (Å²) in [4.78, 5) is 10.9. The Kier molecular flexibility index (Phi) is 6.80. The Hall–Kier alpha value is -8.34. The Morgan fingerprint density at radius 1 is 0.306 bits per heavy atom. The molecule has 3 heterocycles. The summed E-state index contributed by atoms with van der Waals surface area (Å²) in [5.74, 6) is 0.705. The molecule has 0 saturated carbocycles. The van der Waals surface area contributed by atoms with Crippen molar-refractivity contribution in [3.63, 3.8) is 0 Å². The summed E-state index contributed by atoms with van der Waals surface area (Å²) in [6.45, 7) is 0. The van der Waals surface area contributed by atoms with Crippen molar-refractivity contribution in [3.05, 3.63) is 206 Å². The highest BCUT2D eigenvalue weighted by Crippen LogP contribution is 2.48. The molecular formula is C58H34N4. The van der Waals surface area contributed by atoms with Crippen LogP contribution in [-0.4, -0.2) is 19.1 Å². The molecule has 14 aromatic rings. The Morgan fingerprint density at radius 3 is 1.77 bits per heavy atom. The number of fused-ring (bicyclic) bond motifs is 10. The van der Waals surface area contributed by atoms with Crippen molar-refractivity contribution in [2.75, 3.05) is 0 Å². The molecule has 4 heteroatoms. The second kappa shape index (κ2) is 12.6. The number of aromatic nitrogens is 4. The molecule has 0 fully saturated rings. The topological polar surface area (TPSA) is 35.6 Å². The number of hydrogen-bond acceptors (Lipinski definition) is 2. The largest absolute Gasteiger partial charge is 0.309 e. The van der Waals surface area contributed by atoms with Crippen LogP contribution in [0.15, 0.2) is 206 Å². The van der Waals surface area contributed by atoms with Gasteiger partial charge in [-0.25, -0.2) is 9.97 Å². The Bertz CT molecular complexity index is 4150. The lowest BCUT2D eigenvalue weighted by atomic mass is 9.91. The maximum absolute atomic E-state index is 5.58. The predicted octanol–water partition coefficient (Wildman–Crippen LogP) is 15.2. The van der Waals surface area contributed by atoms with Gasteiger partial charge < -0.3 is 9.13 Å². The highest BCUT2D eigenvalue weighted by atomic mass is 15.0. The Balaban J connectivity index is 1.04. The summed E-state index contributed by atoms with van der Waals surface area (Å²) in [6.07, 6.45) is 0. The monoisotopic (exact) mass is 786 g/mol. The van der Waals surface area contributed by atoms with E-state index in [0.29, 0.717) is 5.82 Å². The molecule has 0 aliphatic carbocycles. The van der Waals surface area contributed by atoms with E-state index in [1.165, 1.54) is 64.9 Å². The van der Waals surface area contributed by atoms with Gasteiger partial charge in [0.15, 0.2) is 5.82 Å². The van der Waals surface area contributed by atoms with Crippen molar-refractivity contribution in [1.29, 1.82) is 0 Å². The first-order valence-corrected chi connectivity index (χ1v) is 21.3. The van der Waals surface area contributed by atoms with E-state index >= 15 is 0 Å². The van der Waals surface area contributed by atoms with Gasteiger partial charge in [-0.1, -0.05) is 152 Å². The smallest absolute Gasteiger partial charge is 0.161 e. The molecule has 4 nitrogen and oxygen atoms in total. The van der Waals surface area contributed by atoms with E-state index in [9.17, 15) is 0 Å². The third-order valence-electron chi connectivity index (χ3n) is 13.2. The molecule has 11 aromatic carbocycles. The first kappa shape index (κ1) is 33.5. The van der Waals surface area contributed by atoms with Crippen LogP contribution in [0.2, 0.25) is 0 Å². The van der Waals surface area contributed by atoms with Gasteiger partial charge in [-0.2, -0.15) is 0 Å². The van der Waals surface area contributed by atoms with Gasteiger partial charge in [0.1, 0.15) is 0 Å². The van der Waals surface area contributed by atoms with Crippen molar-refractivity contribution in [2.24, 2.45) is 0 Å². The predicted molar refractivity (Wildman–Crippen MR) is 260 cm³/mol. The molecule has 3 aromatic heterocycles. The van der Waals surface area contributed by atoms with Gasteiger partial charge in [0.05, 0.1) is 39.0 Å². The van der Waals surface area contributed by atoms with E-state index in [-0.39, 0.29) is 0 Å². The van der Waals surface area contributed by atoms with E-state index in [1.807, 2.05) is 0 Å². The van der Waals surface area contributed by atoms with E-state index in [2.05, 4.69) is 215 Å². The maximum atomic E-state index is 5.58. The lowest BCUT2D eigenvalue weighted by molar-refractivity contribution is 1.18. The zero-order chi connectivity index (χ0) is 40.5. The molecule has 0 spiro atoms. The molecular weight excluding hydrogens is 753 g/mol. The molecule has 0 aliphatic rings. The van der Waals surface area contributed by atoms with Crippen LogP contribution in [0, 0.1) is 0 Å². The summed E-state index contributed by atoms with van der Waals surface area (Å²) in [5.41, 5.74) is 10.9. The van der Waals surface area contributed by atoms with Crippen LogP contribution < -0.4 is 0 Å². The normalized spacial score (nSPS) is 12.2. The highest BCUT2D eigenvalue weighted by molar-refractivity contribution is 6.39. The molecule has 286 valence electrons. The minimum atomic E-state index is 0.705. The number of nitrogens with zero attached hydrogens (tertiary/aromatic N) is 4. The van der Waals surface area contributed by atoms with Crippen LogP contribution in [-0.2, 0) is 0 Å². The quantitative estimate of drug-likeness (QED) is 0.167. The molecule has 0 bridgehead atoms. The lowest BCUT2D eigenvalue weighted by Crippen LogP contribution is -1.99. The summed E-state index contributed by atoms with van der Waals surface area (Å²) in [7, 11) is 0. The minimum Gasteiger partial charge on any atom is -0.309 e. The molecule has 0 aliphatic heterocycles. The standard InChI is InChI=1S/C58H34N4/c1-2-17-36(18-3-1)61-48-29-13-11-25-45(48)53-46(27-15-30-50(53)61)57-44-24-10-12-28-47(44)59-58(60-57)43-32-33-49(40-22-8-6-20-38(40)43)62-51-31-14-26-42-39-21-7-9-23-41(39)54-37-19-5-4-16-35(37)34-52(62)56(54)55(42)51/h1-34H. The SMILES string of the molecule is c1ccc(-n2c3ccccc3c3c(-c4nc(-c5ccc(-n6c7cccc8c9ccccc9c9c%10ccccc%10cc6c9c87)c6ccccc56)nc5ccccc45)cccc32)cc1. The summed E-state index contributed by atoms with van der Waals surface area (Å²) in [6, 6.07) is 74.6. The summed E-state index contributed by atoms with van der Waals surface area (Å²) in [5, 5.41) is 16.0. The fraction of sp³-hybridized carbons (Fsp3) is 0. The molecule has 14 rings (SSSR count). The molecule has 0 radical (unpaired) electrons. The molecule has 0 saturated heterocycles. The summed E-state index contributed by atoms with van der Waals surface area (Å²) >= 11 is 0. The Morgan fingerprint density at radius 2 is 0.919 bits per heavy atom. The van der Waals surface area contributed by atoms with E-state index in [0.717, 1.165) is 60.9 Å². The van der Waals surface area contributed by atoms with Gasteiger partial charge in [-0.3, -0.25) is 0 Å². The fourth-order valence-electron chi connectivity index (χ4n) is 10.7. The number of rotatable bonds is 4. The van der Waals surface area contributed by atoms with Gasteiger partial charge in [-0.15, -0.1) is 0 Å². The van der Waals surface area contributed by atoms with Crippen LogP contribution in [0.25, 0.3) is 132 Å². The van der Waals surface area contributed by atoms with Crippen LogP contribution in [0.4, 0.5) is 0 Å². The Labute approximate surface area is 355 Å². The van der Waals surface area contributed by atoms with Crippen molar-refractivity contribution in [2.45, 2.75) is 0 Å². The van der Waals surface area contributed by atoms with Gasteiger partial charge >= 0.3 is 0 Å². The van der Waals surface area contributed by atoms with Crippen LogP contribution in [0.1, 0.15) is 0 Å². The van der Waals surface area contributed by atoms with Crippen LogP contribution >= 0.6 is 0 Å².